The van der Waals surface area contributed by atoms with E-state index in [2.05, 4.69) is 59.3 Å². The lowest BCUT2D eigenvalue weighted by atomic mass is 10.1. The number of aromatic nitrogens is 2. The van der Waals surface area contributed by atoms with E-state index in [1.54, 1.807) is 0 Å². The van der Waals surface area contributed by atoms with Crippen LogP contribution in [0, 0.1) is 6.92 Å². The lowest BCUT2D eigenvalue weighted by molar-refractivity contribution is 0.605. The zero-order valence-corrected chi connectivity index (χ0v) is 10.5. The molecule has 0 radical (unpaired) electrons. The Morgan fingerprint density at radius 1 is 1.29 bits per heavy atom. The normalized spacial score (nSPS) is 10.7. The van der Waals surface area contributed by atoms with Crippen molar-refractivity contribution in [2.45, 2.75) is 26.9 Å². The van der Waals surface area contributed by atoms with Gasteiger partial charge in [-0.25, -0.2) is 0 Å². The molecule has 3 nitrogen and oxygen atoms in total. The number of hydrogen-bond donors (Lipinski definition) is 1. The third kappa shape index (κ3) is 3.17. The fourth-order valence-electron chi connectivity index (χ4n) is 1.89. The van der Waals surface area contributed by atoms with Crippen molar-refractivity contribution in [1.82, 2.24) is 15.1 Å². The van der Waals surface area contributed by atoms with Crippen LogP contribution in [0.15, 0.2) is 36.5 Å². The van der Waals surface area contributed by atoms with Crippen LogP contribution < -0.4 is 5.32 Å². The monoisotopic (exact) mass is 229 g/mol. The van der Waals surface area contributed by atoms with Crippen molar-refractivity contribution in [3.05, 3.63) is 53.3 Å². The van der Waals surface area contributed by atoms with Crippen molar-refractivity contribution in [1.29, 1.82) is 0 Å². The van der Waals surface area contributed by atoms with Crippen LogP contribution >= 0.6 is 0 Å². The Morgan fingerprint density at radius 2 is 2.18 bits per heavy atom. The predicted octanol–water partition coefficient (Wildman–Crippen LogP) is 2.35. The highest BCUT2D eigenvalue weighted by Gasteiger charge is 2.02. The highest BCUT2D eigenvalue weighted by molar-refractivity contribution is 5.22. The van der Waals surface area contributed by atoms with E-state index in [0.717, 1.165) is 19.6 Å². The van der Waals surface area contributed by atoms with Crippen LogP contribution in [-0.4, -0.2) is 16.3 Å². The van der Waals surface area contributed by atoms with Gasteiger partial charge in [0.1, 0.15) is 0 Å². The molecule has 1 N–H and O–H groups in total. The number of hydrogen-bond acceptors (Lipinski definition) is 2. The second kappa shape index (κ2) is 5.64. The highest BCUT2D eigenvalue weighted by Crippen LogP contribution is 2.08. The Balaban J connectivity index is 2.10. The maximum absolute atomic E-state index is 4.37. The minimum absolute atomic E-state index is 0.843. The molecule has 0 amide bonds. The smallest absolute Gasteiger partial charge is 0.0663 e. The van der Waals surface area contributed by atoms with Crippen molar-refractivity contribution in [2.24, 2.45) is 0 Å². The summed E-state index contributed by atoms with van der Waals surface area (Å²) in [5.41, 5.74) is 3.82. The molecule has 0 saturated carbocycles. The summed E-state index contributed by atoms with van der Waals surface area (Å²) in [6, 6.07) is 10.6. The first-order valence-electron chi connectivity index (χ1n) is 6.06. The molecule has 2 rings (SSSR count). The zero-order valence-electron chi connectivity index (χ0n) is 10.5. The molecule has 3 heteroatoms. The Hall–Kier alpha value is -1.61. The second-order valence-corrected chi connectivity index (χ2v) is 4.25. The number of aryl methyl sites for hydroxylation is 1. The lowest BCUT2D eigenvalue weighted by Gasteiger charge is -2.08. The summed E-state index contributed by atoms with van der Waals surface area (Å²) in [5, 5.41) is 7.70. The first-order valence-corrected chi connectivity index (χ1v) is 6.06. The van der Waals surface area contributed by atoms with Crippen molar-refractivity contribution in [3.63, 3.8) is 0 Å². The van der Waals surface area contributed by atoms with E-state index in [9.17, 15) is 0 Å². The third-order valence-electron chi connectivity index (χ3n) is 2.78. The molecule has 0 aliphatic rings. The average molecular weight is 229 g/mol. The predicted molar refractivity (Wildman–Crippen MR) is 69.9 cm³/mol. The fraction of sp³-hybridized carbons (Fsp3) is 0.357. The van der Waals surface area contributed by atoms with Gasteiger partial charge in [-0.3, -0.25) is 4.68 Å². The van der Waals surface area contributed by atoms with Gasteiger partial charge >= 0.3 is 0 Å². The second-order valence-electron chi connectivity index (χ2n) is 4.25. The molecule has 1 heterocycles. The summed E-state index contributed by atoms with van der Waals surface area (Å²) in [6.07, 6.45) is 1.86. The molecule has 1 aromatic heterocycles. The summed E-state index contributed by atoms with van der Waals surface area (Å²) in [7, 11) is 0. The van der Waals surface area contributed by atoms with Gasteiger partial charge in [0.15, 0.2) is 0 Å². The van der Waals surface area contributed by atoms with Gasteiger partial charge in [-0.05, 0) is 25.1 Å². The molecule has 0 aliphatic carbocycles. The van der Waals surface area contributed by atoms with E-state index in [0.29, 0.717) is 0 Å². The van der Waals surface area contributed by atoms with Gasteiger partial charge in [0.25, 0.3) is 0 Å². The standard InChI is InChI=1S/C14H19N3/c1-3-15-10-14-7-8-16-17(14)11-13-6-4-5-12(2)9-13/h4-9,15H,3,10-11H2,1-2H3. The molecule has 17 heavy (non-hydrogen) atoms. The van der Waals surface area contributed by atoms with Crippen molar-refractivity contribution < 1.29 is 0 Å². The molecular formula is C14H19N3. The van der Waals surface area contributed by atoms with Crippen LogP contribution in [0.1, 0.15) is 23.7 Å². The van der Waals surface area contributed by atoms with E-state index in [4.69, 9.17) is 0 Å². The number of rotatable bonds is 5. The fourth-order valence-corrected chi connectivity index (χ4v) is 1.89. The summed E-state index contributed by atoms with van der Waals surface area (Å²) < 4.78 is 2.05. The molecule has 0 unspecified atom stereocenters. The van der Waals surface area contributed by atoms with Gasteiger partial charge in [-0.1, -0.05) is 36.8 Å². The molecule has 2 aromatic rings. The van der Waals surface area contributed by atoms with Crippen molar-refractivity contribution in [3.8, 4) is 0 Å². The first kappa shape index (κ1) is 11.9. The van der Waals surface area contributed by atoms with E-state index in [-0.39, 0.29) is 0 Å². The molecular weight excluding hydrogens is 210 g/mol. The van der Waals surface area contributed by atoms with Crippen molar-refractivity contribution >= 4 is 0 Å². The van der Waals surface area contributed by atoms with E-state index >= 15 is 0 Å². The van der Waals surface area contributed by atoms with Gasteiger partial charge in [0.05, 0.1) is 12.2 Å². The van der Waals surface area contributed by atoms with Crippen LogP contribution in [0.5, 0.6) is 0 Å². The summed E-state index contributed by atoms with van der Waals surface area (Å²) in [4.78, 5) is 0. The molecule has 1 aromatic carbocycles. The molecule has 0 atom stereocenters. The number of benzene rings is 1. The molecule has 0 bridgehead atoms. The first-order chi connectivity index (χ1) is 8.29. The largest absolute Gasteiger partial charge is 0.311 e. The van der Waals surface area contributed by atoms with Crippen LogP contribution in [-0.2, 0) is 13.1 Å². The molecule has 0 aliphatic heterocycles. The molecule has 0 fully saturated rings. The quantitative estimate of drug-likeness (QED) is 0.853. The van der Waals surface area contributed by atoms with Gasteiger partial charge in [0, 0.05) is 12.7 Å². The topological polar surface area (TPSA) is 29.9 Å². The Morgan fingerprint density at radius 3 is 2.94 bits per heavy atom. The molecule has 90 valence electrons. The van der Waals surface area contributed by atoms with Crippen LogP contribution in [0.3, 0.4) is 0 Å². The molecule has 0 saturated heterocycles. The van der Waals surface area contributed by atoms with Gasteiger partial charge < -0.3 is 5.32 Å². The van der Waals surface area contributed by atoms with E-state index < -0.39 is 0 Å². The minimum Gasteiger partial charge on any atom is -0.311 e. The number of nitrogens with zero attached hydrogens (tertiary/aromatic N) is 2. The van der Waals surface area contributed by atoms with Crippen molar-refractivity contribution in [2.75, 3.05) is 6.54 Å². The molecule has 0 spiro atoms. The van der Waals surface area contributed by atoms with Crippen LogP contribution in [0.2, 0.25) is 0 Å². The highest BCUT2D eigenvalue weighted by atomic mass is 15.3. The Labute approximate surface area is 102 Å². The minimum atomic E-state index is 0.843. The Bertz CT molecular complexity index is 474. The summed E-state index contributed by atoms with van der Waals surface area (Å²) in [5.74, 6) is 0. The maximum Gasteiger partial charge on any atom is 0.0663 e. The van der Waals surface area contributed by atoms with E-state index in [1.165, 1.54) is 16.8 Å². The average Bonchev–Trinajstić information content (AvgIpc) is 2.74. The van der Waals surface area contributed by atoms with Gasteiger partial charge in [-0.15, -0.1) is 0 Å². The van der Waals surface area contributed by atoms with Crippen LogP contribution in [0.25, 0.3) is 0 Å². The zero-order chi connectivity index (χ0) is 12.1. The van der Waals surface area contributed by atoms with Gasteiger partial charge in [-0.2, -0.15) is 5.10 Å². The number of nitrogens with one attached hydrogen (secondary N) is 1. The van der Waals surface area contributed by atoms with Crippen LogP contribution in [0.4, 0.5) is 0 Å². The van der Waals surface area contributed by atoms with Gasteiger partial charge in [0.2, 0.25) is 0 Å². The maximum atomic E-state index is 4.37. The Kier molecular flexibility index (Phi) is 3.94. The third-order valence-corrected chi connectivity index (χ3v) is 2.78. The summed E-state index contributed by atoms with van der Waals surface area (Å²) >= 11 is 0. The van der Waals surface area contributed by atoms with E-state index in [1.807, 2.05) is 6.20 Å². The lowest BCUT2D eigenvalue weighted by Crippen LogP contribution is -2.16. The summed E-state index contributed by atoms with van der Waals surface area (Å²) in [6.45, 7) is 6.93. The SMILES string of the molecule is CCNCc1ccnn1Cc1cccc(C)c1.